The van der Waals surface area contributed by atoms with Gasteiger partial charge in [-0.3, -0.25) is 10.1 Å². The van der Waals surface area contributed by atoms with E-state index in [1.54, 1.807) is 6.92 Å². The summed E-state index contributed by atoms with van der Waals surface area (Å²) in [6.07, 6.45) is 2.49. The number of nitrogens with one attached hydrogen (secondary N) is 1. The number of aliphatic carboxylic acids is 1. The van der Waals surface area contributed by atoms with Gasteiger partial charge in [-0.2, -0.15) is 0 Å². The summed E-state index contributed by atoms with van der Waals surface area (Å²) in [5.41, 5.74) is 0.437. The maximum absolute atomic E-state index is 11.0. The summed E-state index contributed by atoms with van der Waals surface area (Å²) in [6, 6.07) is 0.490. The van der Waals surface area contributed by atoms with Crippen LogP contribution in [-0.4, -0.2) is 27.0 Å². The molecule has 0 radical (unpaired) electrons. The van der Waals surface area contributed by atoms with Gasteiger partial charge < -0.3 is 10.4 Å². The number of hydrogen-bond donors (Lipinski definition) is 2. The highest BCUT2D eigenvalue weighted by molar-refractivity contribution is 5.78. The number of nitrogens with zero attached hydrogens (tertiary/aromatic N) is 2. The van der Waals surface area contributed by atoms with Crippen LogP contribution in [0.25, 0.3) is 0 Å². The molecule has 1 rings (SSSR count). The first kappa shape index (κ1) is 13.9. The van der Waals surface area contributed by atoms with Crippen LogP contribution >= 0.6 is 0 Å². The van der Waals surface area contributed by atoms with Crippen molar-refractivity contribution in [2.24, 2.45) is 0 Å². The van der Waals surface area contributed by atoms with Gasteiger partial charge in [-0.15, -0.1) is 0 Å². The normalized spacial score (nSPS) is 11.9. The van der Waals surface area contributed by atoms with Crippen LogP contribution in [0.15, 0.2) is 12.3 Å². The van der Waals surface area contributed by atoms with E-state index < -0.39 is 16.9 Å². The molecule has 0 fully saturated rings. The second-order valence-electron chi connectivity index (χ2n) is 3.96. The molecule has 18 heavy (non-hydrogen) atoms. The quantitative estimate of drug-likeness (QED) is 0.593. The fourth-order valence-corrected chi connectivity index (χ4v) is 1.52. The number of pyridine rings is 1. The van der Waals surface area contributed by atoms with Crippen molar-refractivity contribution < 1.29 is 14.8 Å². The number of carboxylic acid groups (broad SMARTS) is 1. The summed E-state index contributed by atoms with van der Waals surface area (Å²) >= 11 is 0. The molecule has 98 valence electrons. The third-order valence-electron chi connectivity index (χ3n) is 2.39. The average molecular weight is 253 g/mol. The van der Waals surface area contributed by atoms with Crippen molar-refractivity contribution in [1.82, 2.24) is 4.98 Å². The molecule has 2 N–H and O–H groups in total. The summed E-state index contributed by atoms with van der Waals surface area (Å²) in [5.74, 6) is -1.06. The lowest BCUT2D eigenvalue weighted by Crippen LogP contribution is -2.29. The lowest BCUT2D eigenvalue weighted by atomic mass is 10.1. The minimum atomic E-state index is -1.05. The molecule has 1 unspecified atom stereocenters. The van der Waals surface area contributed by atoms with Gasteiger partial charge in [-0.05, 0) is 18.9 Å². The highest BCUT2D eigenvalue weighted by atomic mass is 16.6. The summed E-state index contributed by atoms with van der Waals surface area (Å²) in [6.45, 7) is 3.53. The molecule has 0 saturated heterocycles. The Labute approximate surface area is 104 Å². The Morgan fingerprint density at radius 1 is 1.67 bits per heavy atom. The maximum atomic E-state index is 11.0. The Balaban J connectivity index is 3.01. The number of aryl methyl sites for hydroxylation is 1. The first-order valence-electron chi connectivity index (χ1n) is 5.56. The molecule has 0 spiro atoms. The van der Waals surface area contributed by atoms with Gasteiger partial charge in [-0.1, -0.05) is 13.3 Å². The number of rotatable bonds is 6. The Hall–Kier alpha value is -2.18. The second-order valence-corrected chi connectivity index (χ2v) is 3.96. The zero-order valence-electron chi connectivity index (χ0n) is 10.2. The summed E-state index contributed by atoms with van der Waals surface area (Å²) in [5, 5.41) is 22.5. The average Bonchev–Trinajstić information content (AvgIpc) is 2.30. The van der Waals surface area contributed by atoms with E-state index in [1.807, 2.05) is 6.92 Å². The fourth-order valence-electron chi connectivity index (χ4n) is 1.52. The summed E-state index contributed by atoms with van der Waals surface area (Å²) in [7, 11) is 0. The van der Waals surface area contributed by atoms with Crippen molar-refractivity contribution in [2.75, 3.05) is 5.32 Å². The maximum Gasteiger partial charge on any atom is 0.326 e. The summed E-state index contributed by atoms with van der Waals surface area (Å²) in [4.78, 5) is 25.2. The number of nitro groups is 1. The Morgan fingerprint density at radius 3 is 2.83 bits per heavy atom. The standard InChI is InChI=1S/C11H15N3O4/c1-3-4-8(11(15)16)13-10-9(14(17)18)5-7(2)6-12-10/h5-6,8H,3-4H2,1-2H3,(H,12,13)(H,15,16). The van der Waals surface area contributed by atoms with Crippen molar-refractivity contribution in [3.8, 4) is 0 Å². The second kappa shape index (κ2) is 5.95. The molecule has 0 amide bonds. The molecule has 7 nitrogen and oxygen atoms in total. The molecule has 0 bridgehead atoms. The highest BCUT2D eigenvalue weighted by Crippen LogP contribution is 2.23. The van der Waals surface area contributed by atoms with Crippen LogP contribution in [0.1, 0.15) is 25.3 Å². The third-order valence-corrected chi connectivity index (χ3v) is 2.39. The zero-order valence-corrected chi connectivity index (χ0v) is 10.2. The van der Waals surface area contributed by atoms with Crippen molar-refractivity contribution in [2.45, 2.75) is 32.7 Å². The van der Waals surface area contributed by atoms with Gasteiger partial charge in [0.1, 0.15) is 6.04 Å². The molecule has 0 aliphatic heterocycles. The van der Waals surface area contributed by atoms with Gasteiger partial charge in [0, 0.05) is 12.3 Å². The van der Waals surface area contributed by atoms with Gasteiger partial charge in [-0.25, -0.2) is 9.78 Å². The molecule has 0 aliphatic rings. The van der Waals surface area contributed by atoms with Crippen LogP contribution in [0, 0.1) is 17.0 Å². The van der Waals surface area contributed by atoms with E-state index in [-0.39, 0.29) is 11.5 Å². The minimum Gasteiger partial charge on any atom is -0.480 e. The van der Waals surface area contributed by atoms with E-state index in [9.17, 15) is 14.9 Å². The third kappa shape index (κ3) is 3.41. The molecular formula is C11H15N3O4. The Bertz CT molecular complexity index is 462. The fraction of sp³-hybridized carbons (Fsp3) is 0.455. The van der Waals surface area contributed by atoms with E-state index >= 15 is 0 Å². The number of carboxylic acids is 1. The van der Waals surface area contributed by atoms with Crippen LogP contribution in [0.5, 0.6) is 0 Å². The van der Waals surface area contributed by atoms with E-state index in [4.69, 9.17) is 5.11 Å². The lowest BCUT2D eigenvalue weighted by molar-refractivity contribution is -0.384. The topological polar surface area (TPSA) is 105 Å². The number of anilines is 1. The van der Waals surface area contributed by atoms with Crippen LogP contribution in [-0.2, 0) is 4.79 Å². The van der Waals surface area contributed by atoms with Gasteiger partial charge in [0.25, 0.3) is 0 Å². The van der Waals surface area contributed by atoms with Crippen LogP contribution in [0.3, 0.4) is 0 Å². The van der Waals surface area contributed by atoms with Crippen LogP contribution in [0.2, 0.25) is 0 Å². The van der Waals surface area contributed by atoms with E-state index in [0.29, 0.717) is 18.4 Å². The van der Waals surface area contributed by atoms with Gasteiger partial charge in [0.2, 0.25) is 5.82 Å². The van der Waals surface area contributed by atoms with E-state index in [2.05, 4.69) is 10.3 Å². The van der Waals surface area contributed by atoms with Crippen LogP contribution < -0.4 is 5.32 Å². The lowest BCUT2D eigenvalue weighted by Gasteiger charge is -2.14. The Morgan fingerprint density at radius 2 is 2.33 bits per heavy atom. The van der Waals surface area contributed by atoms with Gasteiger partial charge >= 0.3 is 11.7 Å². The highest BCUT2D eigenvalue weighted by Gasteiger charge is 2.22. The molecular weight excluding hydrogens is 238 g/mol. The van der Waals surface area contributed by atoms with Gasteiger partial charge in [0.05, 0.1) is 4.92 Å². The number of aromatic nitrogens is 1. The predicted molar refractivity (Wildman–Crippen MR) is 65.6 cm³/mol. The predicted octanol–water partition coefficient (Wildman–Crippen LogP) is 1.96. The van der Waals surface area contributed by atoms with Crippen LogP contribution in [0.4, 0.5) is 11.5 Å². The first-order chi connectivity index (χ1) is 8.45. The molecule has 1 aromatic rings. The smallest absolute Gasteiger partial charge is 0.326 e. The Kier molecular flexibility index (Phi) is 4.59. The largest absolute Gasteiger partial charge is 0.480 e. The minimum absolute atomic E-state index is 0.00792. The summed E-state index contributed by atoms with van der Waals surface area (Å²) < 4.78 is 0. The number of hydrogen-bond acceptors (Lipinski definition) is 5. The molecule has 1 heterocycles. The van der Waals surface area contributed by atoms with E-state index in [0.717, 1.165) is 0 Å². The molecule has 0 saturated carbocycles. The van der Waals surface area contributed by atoms with Crippen molar-refractivity contribution >= 4 is 17.5 Å². The molecule has 7 heteroatoms. The molecule has 0 aliphatic carbocycles. The van der Waals surface area contributed by atoms with E-state index in [1.165, 1.54) is 12.3 Å². The molecule has 1 aromatic heterocycles. The zero-order chi connectivity index (χ0) is 13.7. The number of carbonyl (C=O) groups is 1. The van der Waals surface area contributed by atoms with Gasteiger partial charge in [0.15, 0.2) is 0 Å². The van der Waals surface area contributed by atoms with Crippen molar-refractivity contribution in [3.63, 3.8) is 0 Å². The molecule has 0 aromatic carbocycles. The monoisotopic (exact) mass is 253 g/mol. The van der Waals surface area contributed by atoms with Crippen molar-refractivity contribution in [1.29, 1.82) is 0 Å². The SMILES string of the molecule is CCCC(Nc1ncc(C)cc1[N+](=O)[O-])C(=O)O. The van der Waals surface area contributed by atoms with Crippen molar-refractivity contribution in [3.05, 3.63) is 27.9 Å². The first-order valence-corrected chi connectivity index (χ1v) is 5.56. The molecule has 1 atom stereocenters.